The molecule has 1 fully saturated rings. The molecule has 0 bridgehead atoms. The quantitative estimate of drug-likeness (QED) is 0.526. The first-order valence-corrected chi connectivity index (χ1v) is 3.54. The molecule has 1 rings (SSSR count). The van der Waals surface area contributed by atoms with E-state index in [1.165, 1.54) is 0 Å². The molecule has 0 saturated carbocycles. The summed E-state index contributed by atoms with van der Waals surface area (Å²) < 4.78 is 5.01. The highest BCUT2D eigenvalue weighted by Crippen LogP contribution is 2.05. The van der Waals surface area contributed by atoms with Crippen LogP contribution in [0.4, 0.5) is 0 Å². The predicted octanol–water partition coefficient (Wildman–Crippen LogP) is 0.973. The van der Waals surface area contributed by atoms with Crippen LogP contribution in [-0.2, 0) is 4.74 Å². The Bertz CT molecular complexity index is 59.9. The zero-order valence-corrected chi connectivity index (χ0v) is 6.85. The number of ether oxygens (including phenoxy) is 1. The van der Waals surface area contributed by atoms with Crippen molar-refractivity contribution in [1.82, 2.24) is 4.90 Å². The Hall–Kier alpha value is -0.0800. The molecule has 2 nitrogen and oxygen atoms in total. The molecule has 0 aromatic heterocycles. The summed E-state index contributed by atoms with van der Waals surface area (Å²) in [4.78, 5) is 2.23. The maximum absolute atomic E-state index is 5.01. The molecule has 1 saturated heterocycles. The van der Waals surface area contributed by atoms with Crippen molar-refractivity contribution in [2.45, 2.75) is 20.0 Å². The van der Waals surface area contributed by atoms with Crippen LogP contribution in [0, 0.1) is 0 Å². The topological polar surface area (TPSA) is 12.5 Å². The number of hydrogen-bond donors (Lipinski definition) is 0. The minimum absolute atomic E-state index is 0.519. The molecule has 9 heavy (non-hydrogen) atoms. The van der Waals surface area contributed by atoms with E-state index in [4.69, 9.17) is 4.74 Å². The summed E-state index contributed by atoms with van der Waals surface area (Å²) in [6.45, 7) is 6.22. The van der Waals surface area contributed by atoms with Gasteiger partial charge in [-0.3, -0.25) is 0 Å². The van der Waals surface area contributed by atoms with E-state index >= 15 is 0 Å². The molecule has 1 aliphatic rings. The molecule has 0 spiro atoms. The zero-order valence-electron chi connectivity index (χ0n) is 6.85. The van der Waals surface area contributed by atoms with Crippen molar-refractivity contribution >= 4 is 0 Å². The van der Waals surface area contributed by atoms with Crippen LogP contribution in [0.1, 0.15) is 13.8 Å². The van der Waals surface area contributed by atoms with Gasteiger partial charge in [0.05, 0.1) is 6.10 Å². The predicted molar refractivity (Wildman–Crippen MR) is 39.6 cm³/mol. The fourth-order valence-electron chi connectivity index (χ4n) is 0.791. The lowest BCUT2D eigenvalue weighted by Gasteiger charge is -2.34. The molecule has 0 radical (unpaired) electrons. The lowest BCUT2D eigenvalue weighted by molar-refractivity contribution is -0.0155. The normalized spacial score (nSPS) is 20.0. The van der Waals surface area contributed by atoms with Crippen LogP contribution in [0.25, 0.3) is 0 Å². The third-order valence-electron chi connectivity index (χ3n) is 1.36. The van der Waals surface area contributed by atoms with Gasteiger partial charge in [0.15, 0.2) is 0 Å². The monoisotopic (exact) mass is 131 g/mol. The molecular weight excluding hydrogens is 114 g/mol. The maximum atomic E-state index is 5.01. The Labute approximate surface area is 57.8 Å². The van der Waals surface area contributed by atoms with Gasteiger partial charge in [-0.05, 0) is 7.05 Å². The summed E-state index contributed by atoms with van der Waals surface area (Å²) in [5.41, 5.74) is 0. The van der Waals surface area contributed by atoms with E-state index in [1.54, 1.807) is 7.11 Å². The number of methoxy groups -OCH3 is 1. The van der Waals surface area contributed by atoms with Crippen molar-refractivity contribution in [3.63, 3.8) is 0 Å². The van der Waals surface area contributed by atoms with E-state index in [1.807, 2.05) is 13.8 Å². The minimum atomic E-state index is 0.519. The number of likely N-dealkylation sites (N-methyl/N-ethyl adjacent to an activating group) is 1. The molecule has 0 aliphatic carbocycles. The van der Waals surface area contributed by atoms with Crippen LogP contribution in [0.15, 0.2) is 0 Å². The third kappa shape index (κ3) is 2.82. The van der Waals surface area contributed by atoms with Crippen molar-refractivity contribution in [1.29, 1.82) is 0 Å². The number of hydrogen-bond acceptors (Lipinski definition) is 2. The summed E-state index contributed by atoms with van der Waals surface area (Å²) in [5, 5.41) is 0. The Morgan fingerprint density at radius 2 is 1.78 bits per heavy atom. The summed E-state index contributed by atoms with van der Waals surface area (Å²) >= 11 is 0. The van der Waals surface area contributed by atoms with E-state index in [0.717, 1.165) is 13.1 Å². The zero-order chi connectivity index (χ0) is 7.28. The first-order chi connectivity index (χ1) is 4.33. The number of nitrogens with zero attached hydrogens (tertiary/aromatic N) is 1. The lowest BCUT2D eigenvalue weighted by atomic mass is 10.2. The van der Waals surface area contributed by atoms with Gasteiger partial charge in [-0.2, -0.15) is 0 Å². The molecule has 56 valence electrons. The molecule has 0 N–H and O–H groups in total. The molecular formula is C7H17NO. The van der Waals surface area contributed by atoms with Crippen LogP contribution in [0.5, 0.6) is 0 Å². The number of rotatable bonds is 1. The van der Waals surface area contributed by atoms with E-state index in [0.29, 0.717) is 6.10 Å². The molecule has 0 amide bonds. The minimum Gasteiger partial charge on any atom is -0.379 e. The summed E-state index contributed by atoms with van der Waals surface area (Å²) in [6, 6.07) is 0. The number of likely N-dealkylation sites (tertiary alicyclic amines) is 1. The van der Waals surface area contributed by atoms with Crippen LogP contribution < -0.4 is 0 Å². The second-order valence-electron chi connectivity index (χ2n) is 2.08. The third-order valence-corrected chi connectivity index (χ3v) is 1.36. The summed E-state index contributed by atoms with van der Waals surface area (Å²) in [6.07, 6.45) is 0.519. The smallest absolute Gasteiger partial charge is 0.0824 e. The molecule has 2 heteroatoms. The van der Waals surface area contributed by atoms with E-state index < -0.39 is 0 Å². The van der Waals surface area contributed by atoms with Gasteiger partial charge in [-0.25, -0.2) is 0 Å². The van der Waals surface area contributed by atoms with Crippen LogP contribution in [0.3, 0.4) is 0 Å². The van der Waals surface area contributed by atoms with Gasteiger partial charge in [-0.15, -0.1) is 0 Å². The highest BCUT2D eigenvalue weighted by atomic mass is 16.5. The standard InChI is InChI=1S/C5H11NO.C2H6/c1-6-3-5(4-6)7-2;1-2/h5H,3-4H2,1-2H3;1-2H3. The van der Waals surface area contributed by atoms with Crippen molar-refractivity contribution in [2.24, 2.45) is 0 Å². The van der Waals surface area contributed by atoms with Gasteiger partial charge in [0, 0.05) is 20.2 Å². The second-order valence-corrected chi connectivity index (χ2v) is 2.08. The van der Waals surface area contributed by atoms with Gasteiger partial charge in [0.2, 0.25) is 0 Å². The molecule has 1 heterocycles. The van der Waals surface area contributed by atoms with Crippen molar-refractivity contribution in [3.8, 4) is 0 Å². The lowest BCUT2D eigenvalue weighted by Crippen LogP contribution is -2.48. The van der Waals surface area contributed by atoms with Crippen LogP contribution in [-0.4, -0.2) is 38.3 Å². The average Bonchev–Trinajstić information content (AvgIpc) is 1.86. The van der Waals surface area contributed by atoms with Gasteiger partial charge < -0.3 is 9.64 Å². The fourth-order valence-corrected chi connectivity index (χ4v) is 0.791. The average molecular weight is 131 g/mol. The first-order valence-electron chi connectivity index (χ1n) is 3.54. The molecule has 0 atom stereocenters. The van der Waals surface area contributed by atoms with Gasteiger partial charge >= 0.3 is 0 Å². The van der Waals surface area contributed by atoms with Crippen LogP contribution in [0.2, 0.25) is 0 Å². The maximum Gasteiger partial charge on any atom is 0.0824 e. The first kappa shape index (κ1) is 8.92. The van der Waals surface area contributed by atoms with Crippen LogP contribution >= 0.6 is 0 Å². The Kier molecular flexibility index (Phi) is 4.72. The summed E-state index contributed by atoms with van der Waals surface area (Å²) in [7, 11) is 3.85. The van der Waals surface area contributed by atoms with Crippen molar-refractivity contribution in [3.05, 3.63) is 0 Å². The largest absolute Gasteiger partial charge is 0.379 e. The second kappa shape index (κ2) is 4.77. The highest BCUT2D eigenvalue weighted by molar-refractivity contribution is 4.76. The molecule has 0 unspecified atom stereocenters. The van der Waals surface area contributed by atoms with E-state index in [9.17, 15) is 0 Å². The van der Waals surface area contributed by atoms with Gasteiger partial charge in [0.1, 0.15) is 0 Å². The van der Waals surface area contributed by atoms with Crippen molar-refractivity contribution < 1.29 is 4.74 Å². The van der Waals surface area contributed by atoms with E-state index in [-0.39, 0.29) is 0 Å². The Balaban J connectivity index is 0.000000291. The van der Waals surface area contributed by atoms with Gasteiger partial charge in [0.25, 0.3) is 0 Å². The van der Waals surface area contributed by atoms with Gasteiger partial charge in [-0.1, -0.05) is 13.8 Å². The Morgan fingerprint density at radius 3 is 1.89 bits per heavy atom. The highest BCUT2D eigenvalue weighted by Gasteiger charge is 2.21. The summed E-state index contributed by atoms with van der Waals surface area (Å²) in [5.74, 6) is 0. The molecule has 1 aliphatic heterocycles. The Morgan fingerprint density at radius 1 is 1.33 bits per heavy atom. The molecule has 0 aromatic rings. The fraction of sp³-hybridized carbons (Fsp3) is 1.00. The van der Waals surface area contributed by atoms with Crippen molar-refractivity contribution in [2.75, 3.05) is 27.2 Å². The van der Waals surface area contributed by atoms with E-state index in [2.05, 4.69) is 11.9 Å². The SMILES string of the molecule is CC.COC1CN(C)C1. The molecule has 0 aromatic carbocycles.